The summed E-state index contributed by atoms with van der Waals surface area (Å²) < 4.78 is 26.3. The second kappa shape index (κ2) is 5.42. The van der Waals surface area contributed by atoms with Crippen molar-refractivity contribution in [3.05, 3.63) is 35.9 Å². The van der Waals surface area contributed by atoms with Gasteiger partial charge in [0.15, 0.2) is 0 Å². The summed E-state index contributed by atoms with van der Waals surface area (Å²) in [4.78, 5) is 0. The van der Waals surface area contributed by atoms with Crippen molar-refractivity contribution < 1.29 is 18.1 Å². The standard InChI is InChI=1S/C10H15O4P/c1-9(10-7-5-4-6-8-10)14-15(11,12-2)13-3/h4-9H,1-3H3. The quantitative estimate of drug-likeness (QED) is 0.729. The highest BCUT2D eigenvalue weighted by Crippen LogP contribution is 2.51. The van der Waals surface area contributed by atoms with Crippen molar-refractivity contribution >= 4 is 7.82 Å². The zero-order chi connectivity index (χ0) is 11.3. The Morgan fingerprint density at radius 1 is 1.13 bits per heavy atom. The smallest absolute Gasteiger partial charge is 0.290 e. The van der Waals surface area contributed by atoms with Crippen molar-refractivity contribution in [2.75, 3.05) is 14.2 Å². The fourth-order valence-corrected chi connectivity index (χ4v) is 1.97. The third kappa shape index (κ3) is 3.43. The van der Waals surface area contributed by atoms with E-state index < -0.39 is 7.82 Å². The number of benzene rings is 1. The van der Waals surface area contributed by atoms with Gasteiger partial charge < -0.3 is 0 Å². The maximum Gasteiger partial charge on any atom is 0.474 e. The van der Waals surface area contributed by atoms with Crippen LogP contribution in [0.25, 0.3) is 0 Å². The molecule has 0 heterocycles. The molecule has 1 unspecified atom stereocenters. The topological polar surface area (TPSA) is 44.8 Å². The average molecular weight is 230 g/mol. The Hall–Kier alpha value is -0.670. The van der Waals surface area contributed by atoms with E-state index in [4.69, 9.17) is 13.6 Å². The first-order valence-corrected chi connectivity index (χ1v) is 6.02. The van der Waals surface area contributed by atoms with Gasteiger partial charge in [-0.1, -0.05) is 30.3 Å². The lowest BCUT2D eigenvalue weighted by molar-refractivity contribution is 0.114. The minimum absolute atomic E-state index is 0.336. The lowest BCUT2D eigenvalue weighted by atomic mass is 10.1. The summed E-state index contributed by atoms with van der Waals surface area (Å²) in [6.07, 6.45) is -0.336. The molecular weight excluding hydrogens is 215 g/mol. The van der Waals surface area contributed by atoms with Gasteiger partial charge in [0.25, 0.3) is 0 Å². The molecule has 0 saturated carbocycles. The van der Waals surface area contributed by atoms with Crippen molar-refractivity contribution in [1.82, 2.24) is 0 Å². The van der Waals surface area contributed by atoms with Gasteiger partial charge in [0.1, 0.15) is 0 Å². The van der Waals surface area contributed by atoms with Crippen LogP contribution < -0.4 is 0 Å². The third-order valence-corrected chi connectivity index (χ3v) is 3.47. The van der Waals surface area contributed by atoms with Gasteiger partial charge in [-0.2, -0.15) is 0 Å². The molecule has 5 heteroatoms. The van der Waals surface area contributed by atoms with E-state index in [1.54, 1.807) is 6.92 Å². The highest BCUT2D eigenvalue weighted by molar-refractivity contribution is 7.48. The largest absolute Gasteiger partial charge is 0.474 e. The molecule has 1 aromatic carbocycles. The molecule has 0 bridgehead atoms. The molecule has 0 radical (unpaired) electrons. The van der Waals surface area contributed by atoms with Crippen molar-refractivity contribution in [2.45, 2.75) is 13.0 Å². The highest BCUT2D eigenvalue weighted by atomic mass is 31.2. The van der Waals surface area contributed by atoms with Crippen LogP contribution in [0.2, 0.25) is 0 Å². The molecule has 84 valence electrons. The number of rotatable bonds is 5. The summed E-state index contributed by atoms with van der Waals surface area (Å²) in [6, 6.07) is 9.46. The first-order valence-electron chi connectivity index (χ1n) is 4.56. The van der Waals surface area contributed by atoms with Crippen molar-refractivity contribution in [3.63, 3.8) is 0 Å². The fraction of sp³-hybridized carbons (Fsp3) is 0.400. The van der Waals surface area contributed by atoms with E-state index in [0.29, 0.717) is 0 Å². The van der Waals surface area contributed by atoms with Crippen LogP contribution in [-0.4, -0.2) is 14.2 Å². The van der Waals surface area contributed by atoms with Crippen LogP contribution in [0.5, 0.6) is 0 Å². The molecule has 1 atom stereocenters. The van der Waals surface area contributed by atoms with Crippen LogP contribution in [0, 0.1) is 0 Å². The van der Waals surface area contributed by atoms with Gasteiger partial charge in [0.05, 0.1) is 6.10 Å². The van der Waals surface area contributed by atoms with Gasteiger partial charge in [-0.3, -0.25) is 13.6 Å². The molecule has 0 fully saturated rings. The molecule has 0 aromatic heterocycles. The predicted molar refractivity (Wildman–Crippen MR) is 57.6 cm³/mol. The second-order valence-electron chi connectivity index (χ2n) is 2.97. The molecule has 0 spiro atoms. The molecular formula is C10H15O4P. The van der Waals surface area contributed by atoms with Crippen LogP contribution in [0.4, 0.5) is 0 Å². The maximum atomic E-state index is 11.7. The number of hydrogen-bond donors (Lipinski definition) is 0. The zero-order valence-corrected chi connectivity index (χ0v) is 9.94. The number of phosphoric acid groups is 1. The van der Waals surface area contributed by atoms with Crippen LogP contribution in [0.15, 0.2) is 30.3 Å². The molecule has 15 heavy (non-hydrogen) atoms. The summed E-state index contributed by atoms with van der Waals surface area (Å²) in [5, 5.41) is 0. The first kappa shape index (κ1) is 12.4. The van der Waals surface area contributed by atoms with Crippen LogP contribution in [0.3, 0.4) is 0 Å². The lowest BCUT2D eigenvalue weighted by Gasteiger charge is -2.18. The monoisotopic (exact) mass is 230 g/mol. The number of hydrogen-bond acceptors (Lipinski definition) is 4. The molecule has 0 saturated heterocycles. The zero-order valence-electron chi connectivity index (χ0n) is 9.04. The fourth-order valence-electron chi connectivity index (χ4n) is 1.14. The van der Waals surface area contributed by atoms with Gasteiger partial charge >= 0.3 is 7.82 Å². The Morgan fingerprint density at radius 2 is 1.67 bits per heavy atom. The maximum absolute atomic E-state index is 11.7. The molecule has 0 amide bonds. The van der Waals surface area contributed by atoms with Gasteiger partial charge in [-0.05, 0) is 12.5 Å². The summed E-state index contributed by atoms with van der Waals surface area (Å²) in [5.74, 6) is 0. The van der Waals surface area contributed by atoms with E-state index in [0.717, 1.165) is 5.56 Å². The highest BCUT2D eigenvalue weighted by Gasteiger charge is 2.26. The molecule has 4 nitrogen and oxygen atoms in total. The minimum atomic E-state index is -3.40. The van der Waals surface area contributed by atoms with E-state index in [1.807, 2.05) is 30.3 Å². The predicted octanol–water partition coefficient (Wildman–Crippen LogP) is 3.17. The second-order valence-corrected chi connectivity index (χ2v) is 4.81. The van der Waals surface area contributed by atoms with E-state index in [1.165, 1.54) is 14.2 Å². The van der Waals surface area contributed by atoms with Crippen molar-refractivity contribution in [2.24, 2.45) is 0 Å². The normalized spacial score (nSPS) is 13.8. The Balaban J connectivity index is 2.71. The number of phosphoric ester groups is 1. The third-order valence-electron chi connectivity index (χ3n) is 2.00. The first-order chi connectivity index (χ1) is 7.11. The van der Waals surface area contributed by atoms with Gasteiger partial charge in [0.2, 0.25) is 0 Å². The molecule has 0 N–H and O–H groups in total. The van der Waals surface area contributed by atoms with Gasteiger partial charge in [0, 0.05) is 14.2 Å². The summed E-state index contributed by atoms with van der Waals surface area (Å²) in [5.41, 5.74) is 0.923. The molecule has 0 aliphatic rings. The Morgan fingerprint density at radius 3 is 2.13 bits per heavy atom. The van der Waals surface area contributed by atoms with Gasteiger partial charge in [-0.15, -0.1) is 0 Å². The van der Waals surface area contributed by atoms with Gasteiger partial charge in [-0.25, -0.2) is 4.57 Å². The van der Waals surface area contributed by atoms with Crippen molar-refractivity contribution in [3.8, 4) is 0 Å². The molecule has 1 aromatic rings. The summed E-state index contributed by atoms with van der Waals surface area (Å²) in [6.45, 7) is 1.79. The Bertz CT molecular complexity index is 331. The van der Waals surface area contributed by atoms with E-state index in [-0.39, 0.29) is 6.10 Å². The van der Waals surface area contributed by atoms with Crippen LogP contribution in [0.1, 0.15) is 18.6 Å². The Labute approximate surface area is 89.8 Å². The summed E-state index contributed by atoms with van der Waals surface area (Å²) >= 11 is 0. The summed E-state index contributed by atoms with van der Waals surface area (Å²) in [7, 11) is -0.815. The van der Waals surface area contributed by atoms with E-state index in [2.05, 4.69) is 0 Å². The van der Waals surface area contributed by atoms with Crippen LogP contribution >= 0.6 is 7.82 Å². The van der Waals surface area contributed by atoms with E-state index >= 15 is 0 Å². The van der Waals surface area contributed by atoms with E-state index in [9.17, 15) is 4.57 Å². The molecule has 0 aliphatic carbocycles. The van der Waals surface area contributed by atoms with Crippen LogP contribution in [-0.2, 0) is 18.1 Å². The lowest BCUT2D eigenvalue weighted by Crippen LogP contribution is -2.00. The minimum Gasteiger partial charge on any atom is -0.290 e. The average Bonchev–Trinajstić information content (AvgIpc) is 2.30. The molecule has 0 aliphatic heterocycles. The SMILES string of the molecule is COP(=O)(OC)OC(C)c1ccccc1. The van der Waals surface area contributed by atoms with Crippen molar-refractivity contribution in [1.29, 1.82) is 0 Å². The Kier molecular flexibility index (Phi) is 4.48. The molecule has 1 rings (SSSR count).